The van der Waals surface area contributed by atoms with Gasteiger partial charge in [0.1, 0.15) is 5.52 Å². The monoisotopic (exact) mass is 363 g/mol. The Balaban J connectivity index is 1.61. The van der Waals surface area contributed by atoms with Crippen LogP contribution in [-0.2, 0) is 14.6 Å². The molecule has 2 N–H and O–H groups in total. The molecule has 0 spiro atoms. The molecule has 8 heteroatoms. The number of piperidine rings is 1. The van der Waals surface area contributed by atoms with Crippen molar-refractivity contribution >= 4 is 32.5 Å². The predicted molar refractivity (Wildman–Crippen MR) is 94.3 cm³/mol. The third-order valence-electron chi connectivity index (χ3n) is 5.12. The van der Waals surface area contributed by atoms with Crippen LogP contribution in [-0.4, -0.2) is 43.4 Å². The molecule has 0 bridgehead atoms. The van der Waals surface area contributed by atoms with Gasteiger partial charge >= 0.3 is 0 Å². The largest absolute Gasteiger partial charge is 0.440 e. The van der Waals surface area contributed by atoms with Crippen molar-refractivity contribution in [1.29, 1.82) is 0 Å². The van der Waals surface area contributed by atoms with Gasteiger partial charge in [-0.05, 0) is 50.9 Å². The van der Waals surface area contributed by atoms with E-state index in [4.69, 9.17) is 4.42 Å². The maximum Gasteiger partial charge on any atom is 0.245 e. The van der Waals surface area contributed by atoms with Gasteiger partial charge in [0, 0.05) is 23.9 Å². The standard InChI is InChI=1S/C17H21N3O4S/c1-25(22,23)17(6-8-18-9-7-17)16(21)19-12-4-5-13-14(10-12)24-15(20-13)11-2-3-11/h4-5,10-11,18H,2-3,6-9H2,1H3,(H,19,21). The van der Waals surface area contributed by atoms with E-state index in [1.807, 2.05) is 0 Å². The first-order valence-corrected chi connectivity index (χ1v) is 10.4. The molecule has 1 aliphatic carbocycles. The zero-order valence-electron chi connectivity index (χ0n) is 14.0. The van der Waals surface area contributed by atoms with Crippen molar-refractivity contribution in [2.45, 2.75) is 36.3 Å². The second kappa shape index (κ2) is 5.81. The number of fused-ring (bicyclic) bond motifs is 1. The minimum absolute atomic E-state index is 0.272. The number of amides is 1. The van der Waals surface area contributed by atoms with Crippen molar-refractivity contribution in [3.8, 4) is 0 Å². The number of hydrogen-bond acceptors (Lipinski definition) is 6. The van der Waals surface area contributed by atoms with E-state index in [2.05, 4.69) is 15.6 Å². The maximum absolute atomic E-state index is 12.8. The zero-order chi connectivity index (χ0) is 17.7. The molecule has 1 amide bonds. The molecule has 134 valence electrons. The number of hydrogen-bond donors (Lipinski definition) is 2. The van der Waals surface area contributed by atoms with E-state index in [0.29, 0.717) is 30.3 Å². The Kier molecular flexibility index (Phi) is 3.84. The first kappa shape index (κ1) is 16.5. The molecule has 25 heavy (non-hydrogen) atoms. The molecule has 0 radical (unpaired) electrons. The Morgan fingerprint density at radius 1 is 1.32 bits per heavy atom. The number of sulfone groups is 1. The number of aromatic nitrogens is 1. The minimum atomic E-state index is -3.54. The molecule has 2 heterocycles. The lowest BCUT2D eigenvalue weighted by Gasteiger charge is -2.34. The molecule has 1 aliphatic heterocycles. The maximum atomic E-state index is 12.8. The van der Waals surface area contributed by atoms with Crippen LogP contribution in [0.2, 0.25) is 0 Å². The normalized spacial score (nSPS) is 20.5. The van der Waals surface area contributed by atoms with Crippen LogP contribution in [0.5, 0.6) is 0 Å². The fourth-order valence-corrected chi connectivity index (χ4v) is 4.70. The van der Waals surface area contributed by atoms with Crippen LogP contribution in [0.3, 0.4) is 0 Å². The molecular formula is C17H21N3O4S. The number of benzene rings is 1. The zero-order valence-corrected chi connectivity index (χ0v) is 14.9. The lowest BCUT2D eigenvalue weighted by atomic mass is 9.95. The van der Waals surface area contributed by atoms with Gasteiger partial charge in [-0.25, -0.2) is 13.4 Å². The van der Waals surface area contributed by atoms with Crippen LogP contribution < -0.4 is 10.6 Å². The Labute approximate surface area is 146 Å². The predicted octanol–water partition coefficient (Wildman–Crippen LogP) is 1.81. The molecule has 4 rings (SSSR count). The van der Waals surface area contributed by atoms with Crippen LogP contribution in [0, 0.1) is 0 Å². The summed E-state index contributed by atoms with van der Waals surface area (Å²) in [5, 5.41) is 5.88. The van der Waals surface area contributed by atoms with E-state index in [0.717, 1.165) is 30.5 Å². The van der Waals surface area contributed by atoms with Gasteiger partial charge in [0.25, 0.3) is 0 Å². The first-order valence-electron chi connectivity index (χ1n) is 8.51. The summed E-state index contributed by atoms with van der Waals surface area (Å²) in [4.78, 5) is 17.3. The minimum Gasteiger partial charge on any atom is -0.440 e. The molecule has 0 unspecified atom stereocenters. The molecule has 1 aromatic heterocycles. The number of anilines is 1. The van der Waals surface area contributed by atoms with E-state index in [-0.39, 0.29) is 12.8 Å². The van der Waals surface area contributed by atoms with Crippen molar-refractivity contribution < 1.29 is 17.6 Å². The molecule has 2 aliphatic rings. The van der Waals surface area contributed by atoms with Gasteiger partial charge < -0.3 is 15.1 Å². The summed E-state index contributed by atoms with van der Waals surface area (Å²) in [6.45, 7) is 1.01. The van der Waals surface area contributed by atoms with Crippen LogP contribution in [0.4, 0.5) is 5.69 Å². The second-order valence-corrected chi connectivity index (χ2v) is 9.31. The highest BCUT2D eigenvalue weighted by Gasteiger charge is 2.48. The van der Waals surface area contributed by atoms with Gasteiger partial charge in [0.15, 0.2) is 26.1 Å². The molecule has 1 saturated carbocycles. The van der Waals surface area contributed by atoms with Crippen molar-refractivity contribution in [1.82, 2.24) is 10.3 Å². The van der Waals surface area contributed by atoms with Crippen molar-refractivity contribution in [2.24, 2.45) is 0 Å². The van der Waals surface area contributed by atoms with E-state index < -0.39 is 20.5 Å². The van der Waals surface area contributed by atoms with Gasteiger partial charge in [0.2, 0.25) is 5.91 Å². The Morgan fingerprint density at radius 2 is 2.04 bits per heavy atom. The van der Waals surface area contributed by atoms with Gasteiger partial charge in [-0.15, -0.1) is 0 Å². The summed E-state index contributed by atoms with van der Waals surface area (Å²) >= 11 is 0. The average Bonchev–Trinajstić information content (AvgIpc) is 3.34. The molecule has 0 atom stereocenters. The highest BCUT2D eigenvalue weighted by atomic mass is 32.2. The lowest BCUT2D eigenvalue weighted by Crippen LogP contribution is -2.55. The number of rotatable bonds is 4. The van der Waals surface area contributed by atoms with E-state index >= 15 is 0 Å². The summed E-state index contributed by atoms with van der Waals surface area (Å²) in [7, 11) is -3.54. The smallest absolute Gasteiger partial charge is 0.245 e. The van der Waals surface area contributed by atoms with Crippen LogP contribution in [0.25, 0.3) is 11.1 Å². The summed E-state index contributed by atoms with van der Waals surface area (Å²) in [5.74, 6) is 0.677. The highest BCUT2D eigenvalue weighted by Crippen LogP contribution is 2.40. The second-order valence-electron chi connectivity index (χ2n) is 6.98. The van der Waals surface area contributed by atoms with Gasteiger partial charge in [-0.2, -0.15) is 0 Å². The Bertz CT molecular complexity index is 925. The van der Waals surface area contributed by atoms with Crippen molar-refractivity contribution in [3.63, 3.8) is 0 Å². The quantitative estimate of drug-likeness (QED) is 0.859. The van der Waals surface area contributed by atoms with Gasteiger partial charge in [-0.3, -0.25) is 4.79 Å². The third-order valence-corrected chi connectivity index (χ3v) is 7.14. The van der Waals surface area contributed by atoms with Crippen LogP contribution in [0.15, 0.2) is 22.6 Å². The first-order chi connectivity index (χ1) is 11.9. The van der Waals surface area contributed by atoms with Gasteiger partial charge in [0.05, 0.1) is 0 Å². The molecule has 2 aromatic rings. The number of nitrogens with one attached hydrogen (secondary N) is 2. The third kappa shape index (κ3) is 2.93. The van der Waals surface area contributed by atoms with Gasteiger partial charge in [-0.1, -0.05) is 0 Å². The number of oxazole rings is 1. The number of carbonyl (C=O) groups excluding carboxylic acids is 1. The highest BCUT2D eigenvalue weighted by molar-refractivity contribution is 7.92. The molecule has 7 nitrogen and oxygen atoms in total. The lowest BCUT2D eigenvalue weighted by molar-refractivity contribution is -0.119. The molecule has 2 fully saturated rings. The van der Waals surface area contributed by atoms with Crippen LogP contribution >= 0.6 is 0 Å². The average molecular weight is 363 g/mol. The number of nitrogens with zero attached hydrogens (tertiary/aromatic N) is 1. The fraction of sp³-hybridized carbons (Fsp3) is 0.529. The van der Waals surface area contributed by atoms with Crippen molar-refractivity contribution in [3.05, 3.63) is 24.1 Å². The summed E-state index contributed by atoms with van der Waals surface area (Å²) in [5.41, 5.74) is 1.88. The molecule has 1 saturated heterocycles. The molecular weight excluding hydrogens is 342 g/mol. The van der Waals surface area contributed by atoms with Crippen molar-refractivity contribution in [2.75, 3.05) is 24.7 Å². The topological polar surface area (TPSA) is 101 Å². The molecule has 1 aromatic carbocycles. The SMILES string of the molecule is CS(=O)(=O)C1(C(=O)Nc2ccc3nc(C4CC4)oc3c2)CCNCC1. The summed E-state index contributed by atoms with van der Waals surface area (Å²) < 4.78 is 29.0. The van der Waals surface area contributed by atoms with E-state index in [1.54, 1.807) is 18.2 Å². The Morgan fingerprint density at radius 3 is 2.68 bits per heavy atom. The van der Waals surface area contributed by atoms with Crippen LogP contribution in [0.1, 0.15) is 37.5 Å². The fourth-order valence-electron chi connectivity index (χ4n) is 3.37. The Hall–Kier alpha value is -1.93. The van der Waals surface area contributed by atoms with E-state index in [1.165, 1.54) is 0 Å². The summed E-state index contributed by atoms with van der Waals surface area (Å²) in [6, 6.07) is 5.23. The number of carbonyl (C=O) groups is 1. The summed E-state index contributed by atoms with van der Waals surface area (Å²) in [6.07, 6.45) is 3.88. The van der Waals surface area contributed by atoms with E-state index in [9.17, 15) is 13.2 Å².